The van der Waals surface area contributed by atoms with E-state index in [1.54, 1.807) is 42.9 Å². The Hall–Kier alpha value is -4.29. The van der Waals surface area contributed by atoms with E-state index in [0.29, 0.717) is 80.0 Å². The van der Waals surface area contributed by atoms with Crippen LogP contribution in [0.2, 0.25) is 0 Å². The van der Waals surface area contributed by atoms with Gasteiger partial charge in [-0.1, -0.05) is 0 Å². The third-order valence-corrected chi connectivity index (χ3v) is 6.44. The molecule has 1 amide bonds. The number of nitrogens with two attached hydrogens (primary N) is 1. The first-order valence-electron chi connectivity index (χ1n) is 12.7. The second-order valence-electron chi connectivity index (χ2n) is 9.32. The number of ether oxygens (including phenoxy) is 2. The Morgan fingerprint density at radius 1 is 1.05 bits per heavy atom. The lowest BCUT2D eigenvalue weighted by molar-refractivity contribution is -0.137. The third-order valence-electron chi connectivity index (χ3n) is 6.44. The number of amides is 1. The lowest BCUT2D eigenvalue weighted by Crippen LogP contribution is -2.35. The first-order valence-corrected chi connectivity index (χ1v) is 12.7. The molecule has 1 saturated heterocycles. The number of aromatic nitrogens is 4. The number of morpholine rings is 1. The van der Waals surface area contributed by atoms with Crippen molar-refractivity contribution in [3.8, 4) is 22.9 Å². The number of hydrogen-bond acceptors (Lipinski definition) is 7. The number of primary amides is 1. The summed E-state index contributed by atoms with van der Waals surface area (Å²) in [5, 5.41) is 0. The van der Waals surface area contributed by atoms with Crippen LogP contribution in [0.1, 0.15) is 27.3 Å². The van der Waals surface area contributed by atoms with Crippen LogP contribution in [0.25, 0.3) is 11.4 Å². The number of benzene rings is 2. The average molecular weight is 553 g/mol. The Balaban J connectivity index is 1.37. The van der Waals surface area contributed by atoms with Gasteiger partial charge in [0.05, 0.1) is 25.1 Å². The Morgan fingerprint density at radius 3 is 2.50 bits per heavy atom. The highest BCUT2D eigenvalue weighted by atomic mass is 19.4. The van der Waals surface area contributed by atoms with Crippen molar-refractivity contribution in [3.05, 3.63) is 89.8 Å². The Morgan fingerprint density at radius 2 is 1.82 bits per heavy atom. The van der Waals surface area contributed by atoms with Gasteiger partial charge in [-0.15, -0.1) is 0 Å². The van der Waals surface area contributed by atoms with Crippen LogP contribution in [0.15, 0.2) is 67.3 Å². The number of alkyl halides is 3. The predicted molar refractivity (Wildman–Crippen MR) is 140 cm³/mol. The minimum absolute atomic E-state index is 0.100. The fourth-order valence-electron chi connectivity index (χ4n) is 4.32. The minimum Gasteiger partial charge on any atom is -0.457 e. The summed E-state index contributed by atoms with van der Waals surface area (Å²) in [5.41, 5.74) is 6.58. The zero-order valence-electron chi connectivity index (χ0n) is 21.5. The van der Waals surface area contributed by atoms with Crippen LogP contribution >= 0.6 is 0 Å². The Labute approximate surface area is 228 Å². The van der Waals surface area contributed by atoms with Gasteiger partial charge < -0.3 is 19.8 Å². The summed E-state index contributed by atoms with van der Waals surface area (Å²) in [7, 11) is 0. The highest BCUT2D eigenvalue weighted by Crippen LogP contribution is 2.35. The number of imidazole rings is 1. The van der Waals surface area contributed by atoms with Gasteiger partial charge in [0, 0.05) is 61.8 Å². The fourth-order valence-corrected chi connectivity index (χ4v) is 4.32. The minimum atomic E-state index is -4.46. The predicted octanol–water partition coefficient (Wildman–Crippen LogP) is 4.33. The molecule has 0 spiro atoms. The summed E-state index contributed by atoms with van der Waals surface area (Å²) in [6.45, 7) is 3.22. The first kappa shape index (κ1) is 27.3. The molecule has 9 nitrogen and oxygen atoms in total. The molecule has 5 rings (SSSR count). The summed E-state index contributed by atoms with van der Waals surface area (Å²) >= 11 is 0. The largest absolute Gasteiger partial charge is 0.457 e. The van der Waals surface area contributed by atoms with E-state index in [-0.39, 0.29) is 5.69 Å². The van der Waals surface area contributed by atoms with Crippen LogP contribution in [0.5, 0.6) is 11.5 Å². The van der Waals surface area contributed by atoms with Gasteiger partial charge in [-0.25, -0.2) is 15.0 Å². The number of carbonyl (C=O) groups is 1. The quantitative estimate of drug-likeness (QED) is 0.329. The summed E-state index contributed by atoms with van der Waals surface area (Å²) in [6, 6.07) is 11.9. The highest BCUT2D eigenvalue weighted by Gasteiger charge is 2.31. The van der Waals surface area contributed by atoms with E-state index in [4.69, 9.17) is 15.2 Å². The fraction of sp³-hybridized carbons (Fsp3) is 0.286. The number of hydrogen-bond donors (Lipinski definition) is 1. The SMILES string of the molecule is NC(=O)c1cc(CCn2ccnc2)nc(-c2ccc(Oc3ccc(C(F)(F)F)cc3CN3CCOCC3)cc2)n1. The molecular weight excluding hydrogens is 525 g/mol. The van der Waals surface area contributed by atoms with Crippen LogP contribution in [0, 0.1) is 0 Å². The molecule has 1 aliphatic rings. The standard InChI is InChI=1S/C28H27F3N6O3/c29-28(30,31)21-3-6-25(20(15-21)17-36-11-13-39-14-12-36)40-23-4-1-19(2-5-23)27-34-22(16-24(35-27)26(32)38)7-9-37-10-8-33-18-37/h1-6,8,10,15-16,18H,7,9,11-14,17H2,(H2,32,38). The molecule has 1 fully saturated rings. The van der Waals surface area contributed by atoms with Crippen LogP contribution < -0.4 is 10.5 Å². The Kier molecular flexibility index (Phi) is 8.08. The second-order valence-corrected chi connectivity index (χ2v) is 9.32. The lowest BCUT2D eigenvalue weighted by Gasteiger charge is -2.27. The molecule has 0 saturated carbocycles. The molecule has 2 aromatic heterocycles. The molecule has 0 radical (unpaired) electrons. The van der Waals surface area contributed by atoms with Gasteiger partial charge in [0.1, 0.15) is 17.2 Å². The summed E-state index contributed by atoms with van der Waals surface area (Å²) in [4.78, 5) is 26.9. The van der Waals surface area contributed by atoms with Crippen LogP contribution in [-0.4, -0.2) is 56.6 Å². The molecule has 208 valence electrons. The lowest BCUT2D eigenvalue weighted by atomic mass is 10.1. The molecule has 12 heteroatoms. The summed E-state index contributed by atoms with van der Waals surface area (Å²) < 4.78 is 53.5. The molecule has 0 unspecified atom stereocenters. The van der Waals surface area contributed by atoms with Gasteiger partial charge >= 0.3 is 6.18 Å². The maximum absolute atomic E-state index is 13.4. The zero-order valence-corrected chi connectivity index (χ0v) is 21.5. The number of aryl methyl sites for hydroxylation is 2. The number of halogens is 3. The van der Waals surface area contributed by atoms with Crippen LogP contribution in [0.3, 0.4) is 0 Å². The van der Waals surface area contributed by atoms with E-state index in [2.05, 4.69) is 15.0 Å². The topological polar surface area (TPSA) is 108 Å². The smallest absolute Gasteiger partial charge is 0.416 e. The van der Waals surface area contributed by atoms with E-state index in [0.717, 1.165) is 12.1 Å². The summed E-state index contributed by atoms with van der Waals surface area (Å²) in [5.74, 6) is 0.424. The first-order chi connectivity index (χ1) is 19.2. The highest BCUT2D eigenvalue weighted by molar-refractivity contribution is 5.91. The van der Waals surface area contributed by atoms with E-state index in [9.17, 15) is 18.0 Å². The van der Waals surface area contributed by atoms with E-state index >= 15 is 0 Å². The van der Waals surface area contributed by atoms with Crippen molar-refractivity contribution < 1.29 is 27.4 Å². The monoisotopic (exact) mass is 552 g/mol. The normalized spacial score (nSPS) is 14.3. The van der Waals surface area contributed by atoms with E-state index in [1.807, 2.05) is 15.7 Å². The van der Waals surface area contributed by atoms with Crippen molar-refractivity contribution >= 4 is 5.91 Å². The molecular formula is C28H27F3N6O3. The molecule has 2 aromatic carbocycles. The maximum Gasteiger partial charge on any atom is 0.416 e. The summed E-state index contributed by atoms with van der Waals surface area (Å²) in [6.07, 6.45) is 1.28. The zero-order chi connectivity index (χ0) is 28.1. The molecule has 1 aliphatic heterocycles. The van der Waals surface area contributed by atoms with Gasteiger partial charge in [-0.05, 0) is 48.5 Å². The molecule has 0 aliphatic carbocycles. The van der Waals surface area contributed by atoms with Crippen molar-refractivity contribution in [2.75, 3.05) is 26.3 Å². The van der Waals surface area contributed by atoms with E-state index < -0.39 is 17.6 Å². The maximum atomic E-state index is 13.4. The van der Waals surface area contributed by atoms with Gasteiger partial charge in [0.2, 0.25) is 0 Å². The van der Waals surface area contributed by atoms with Gasteiger partial charge in [-0.2, -0.15) is 13.2 Å². The van der Waals surface area contributed by atoms with Gasteiger partial charge in [0.25, 0.3) is 5.91 Å². The van der Waals surface area contributed by atoms with Gasteiger partial charge in [-0.3, -0.25) is 9.69 Å². The molecule has 2 N–H and O–H groups in total. The number of nitrogens with zero attached hydrogens (tertiary/aromatic N) is 5. The molecule has 3 heterocycles. The second kappa shape index (κ2) is 11.8. The van der Waals surface area contributed by atoms with Crippen molar-refractivity contribution in [3.63, 3.8) is 0 Å². The van der Waals surface area contributed by atoms with Crippen LogP contribution in [0.4, 0.5) is 13.2 Å². The van der Waals surface area contributed by atoms with Gasteiger partial charge in [0.15, 0.2) is 5.82 Å². The number of rotatable bonds is 9. The van der Waals surface area contributed by atoms with Crippen molar-refractivity contribution in [2.24, 2.45) is 5.73 Å². The third kappa shape index (κ3) is 6.82. The number of carbonyl (C=O) groups excluding carboxylic acids is 1. The molecule has 40 heavy (non-hydrogen) atoms. The van der Waals surface area contributed by atoms with Crippen molar-refractivity contribution in [1.82, 2.24) is 24.4 Å². The van der Waals surface area contributed by atoms with Crippen LogP contribution in [-0.2, 0) is 30.4 Å². The molecule has 0 atom stereocenters. The Bertz CT molecular complexity index is 1450. The molecule has 0 bridgehead atoms. The van der Waals surface area contributed by atoms with E-state index in [1.165, 1.54) is 6.07 Å². The van der Waals surface area contributed by atoms with Crippen molar-refractivity contribution in [1.29, 1.82) is 0 Å². The van der Waals surface area contributed by atoms with Crippen molar-refractivity contribution in [2.45, 2.75) is 25.7 Å². The molecule has 4 aromatic rings. The average Bonchev–Trinajstić information content (AvgIpc) is 3.47.